The second kappa shape index (κ2) is 6.12. The van der Waals surface area contributed by atoms with Gasteiger partial charge in [-0.3, -0.25) is 4.79 Å². The zero-order chi connectivity index (χ0) is 15.5. The fraction of sp³-hybridized carbons (Fsp3) is 0.118. The number of carbonyl (C=O) groups excluding carboxylic acids is 1. The molecule has 5 heteroatoms. The van der Waals surface area contributed by atoms with Crippen LogP contribution in [0.15, 0.2) is 48.7 Å². The number of hydrogen-bond acceptors (Lipinski definition) is 2. The van der Waals surface area contributed by atoms with Crippen LogP contribution in [-0.2, 0) is 0 Å². The summed E-state index contributed by atoms with van der Waals surface area (Å²) in [5.74, 6) is 0.442. The normalized spacial score (nSPS) is 10.6. The van der Waals surface area contributed by atoms with E-state index in [0.29, 0.717) is 28.6 Å². The van der Waals surface area contributed by atoms with Gasteiger partial charge in [-0.2, -0.15) is 0 Å². The van der Waals surface area contributed by atoms with Crippen LogP contribution in [0.5, 0.6) is 5.75 Å². The van der Waals surface area contributed by atoms with Gasteiger partial charge in [-0.1, -0.05) is 23.7 Å². The third-order valence-electron chi connectivity index (χ3n) is 3.32. The minimum Gasteiger partial charge on any atom is -0.492 e. The number of aromatic nitrogens is 1. The molecule has 0 aliphatic heterocycles. The third kappa shape index (κ3) is 2.78. The van der Waals surface area contributed by atoms with Crippen molar-refractivity contribution >= 4 is 34.1 Å². The lowest BCUT2D eigenvalue weighted by Crippen LogP contribution is -2.12. The van der Waals surface area contributed by atoms with Crippen LogP contribution in [0, 0.1) is 0 Å². The molecule has 0 bridgehead atoms. The van der Waals surface area contributed by atoms with Crippen molar-refractivity contribution < 1.29 is 9.53 Å². The topological polar surface area (TPSA) is 54.1 Å². The molecule has 4 nitrogen and oxygen atoms in total. The number of anilines is 1. The summed E-state index contributed by atoms with van der Waals surface area (Å²) in [6.45, 7) is 2.44. The highest BCUT2D eigenvalue weighted by Gasteiger charge is 2.14. The highest BCUT2D eigenvalue weighted by molar-refractivity contribution is 6.31. The molecule has 0 unspecified atom stereocenters. The molecule has 1 heterocycles. The molecule has 1 aromatic heterocycles. The molecule has 112 valence electrons. The molecule has 0 saturated heterocycles. The number of carbonyl (C=O) groups is 1. The average Bonchev–Trinajstić information content (AvgIpc) is 2.92. The molecular formula is C17H15ClN2O2. The van der Waals surface area contributed by atoms with Gasteiger partial charge in [-0.25, -0.2) is 0 Å². The van der Waals surface area contributed by atoms with E-state index < -0.39 is 0 Å². The van der Waals surface area contributed by atoms with E-state index in [1.165, 1.54) is 0 Å². The smallest absolute Gasteiger partial charge is 0.257 e. The number of aromatic amines is 1. The van der Waals surface area contributed by atoms with E-state index in [4.69, 9.17) is 16.3 Å². The van der Waals surface area contributed by atoms with E-state index >= 15 is 0 Å². The predicted molar refractivity (Wildman–Crippen MR) is 88.9 cm³/mol. The van der Waals surface area contributed by atoms with Crippen molar-refractivity contribution in [2.24, 2.45) is 0 Å². The Bertz CT molecular complexity index is 826. The second-order valence-corrected chi connectivity index (χ2v) is 5.21. The molecular weight excluding hydrogens is 300 g/mol. The van der Waals surface area contributed by atoms with Gasteiger partial charge in [0, 0.05) is 22.1 Å². The summed E-state index contributed by atoms with van der Waals surface area (Å²) in [6.07, 6.45) is 1.68. The zero-order valence-corrected chi connectivity index (χ0v) is 12.8. The summed E-state index contributed by atoms with van der Waals surface area (Å²) >= 11 is 6.01. The summed E-state index contributed by atoms with van der Waals surface area (Å²) in [5.41, 5.74) is 2.06. The average molecular weight is 315 g/mol. The first-order valence-corrected chi connectivity index (χ1v) is 7.36. The number of halogens is 1. The number of ether oxygens (including phenoxy) is 1. The Morgan fingerprint density at radius 3 is 2.91 bits per heavy atom. The van der Waals surface area contributed by atoms with Crippen LogP contribution in [0.1, 0.15) is 17.3 Å². The quantitative estimate of drug-likeness (QED) is 0.746. The molecule has 0 fully saturated rings. The van der Waals surface area contributed by atoms with Crippen molar-refractivity contribution in [3.63, 3.8) is 0 Å². The maximum Gasteiger partial charge on any atom is 0.257 e. The van der Waals surface area contributed by atoms with E-state index in [2.05, 4.69) is 10.3 Å². The van der Waals surface area contributed by atoms with Crippen molar-refractivity contribution in [2.75, 3.05) is 11.9 Å². The molecule has 0 aliphatic rings. The molecule has 1 amide bonds. The number of nitrogens with one attached hydrogen (secondary N) is 2. The summed E-state index contributed by atoms with van der Waals surface area (Å²) in [6, 6.07) is 12.8. The largest absolute Gasteiger partial charge is 0.492 e. The molecule has 3 aromatic rings. The van der Waals surface area contributed by atoms with Gasteiger partial charge in [-0.05, 0) is 37.3 Å². The van der Waals surface area contributed by atoms with Crippen molar-refractivity contribution in [1.29, 1.82) is 0 Å². The Morgan fingerprint density at radius 1 is 1.27 bits per heavy atom. The van der Waals surface area contributed by atoms with Gasteiger partial charge in [0.1, 0.15) is 5.75 Å². The number of amides is 1. The molecule has 2 aromatic carbocycles. The van der Waals surface area contributed by atoms with Crippen LogP contribution >= 0.6 is 11.6 Å². The summed E-state index contributed by atoms with van der Waals surface area (Å²) in [4.78, 5) is 15.6. The molecule has 0 radical (unpaired) electrons. The summed E-state index contributed by atoms with van der Waals surface area (Å²) < 4.78 is 5.52. The lowest BCUT2D eigenvalue weighted by molar-refractivity contribution is 0.102. The second-order valence-electron chi connectivity index (χ2n) is 4.78. The van der Waals surface area contributed by atoms with E-state index in [0.717, 1.165) is 10.9 Å². The van der Waals surface area contributed by atoms with E-state index in [9.17, 15) is 4.79 Å². The first-order valence-electron chi connectivity index (χ1n) is 6.99. The van der Waals surface area contributed by atoms with Crippen LogP contribution in [0.3, 0.4) is 0 Å². The highest BCUT2D eigenvalue weighted by atomic mass is 35.5. The SMILES string of the molecule is CCOc1ccccc1NC(=O)c1c[nH]c2ccc(Cl)cc12. The number of rotatable bonds is 4. The lowest BCUT2D eigenvalue weighted by Gasteiger charge is -2.10. The fourth-order valence-electron chi connectivity index (χ4n) is 2.32. The molecule has 0 atom stereocenters. The van der Waals surface area contributed by atoms with Gasteiger partial charge in [0.25, 0.3) is 5.91 Å². The van der Waals surface area contributed by atoms with Gasteiger partial charge < -0.3 is 15.0 Å². The van der Waals surface area contributed by atoms with E-state index in [1.54, 1.807) is 18.3 Å². The Kier molecular flexibility index (Phi) is 4.02. The lowest BCUT2D eigenvalue weighted by atomic mass is 10.1. The van der Waals surface area contributed by atoms with Gasteiger partial charge in [-0.15, -0.1) is 0 Å². The van der Waals surface area contributed by atoms with Crippen LogP contribution in [-0.4, -0.2) is 17.5 Å². The number of fused-ring (bicyclic) bond motifs is 1. The number of H-pyrrole nitrogens is 1. The molecule has 22 heavy (non-hydrogen) atoms. The van der Waals surface area contributed by atoms with Crippen molar-refractivity contribution in [3.05, 3.63) is 59.2 Å². The van der Waals surface area contributed by atoms with Crippen LogP contribution in [0.4, 0.5) is 5.69 Å². The monoisotopic (exact) mass is 314 g/mol. The molecule has 0 aliphatic carbocycles. The molecule has 0 saturated carbocycles. The molecule has 0 spiro atoms. The van der Waals surface area contributed by atoms with Gasteiger partial charge in [0.15, 0.2) is 0 Å². The Balaban J connectivity index is 1.92. The standard InChI is InChI=1S/C17H15ClN2O2/c1-2-22-16-6-4-3-5-15(16)20-17(21)13-10-19-14-8-7-11(18)9-12(13)14/h3-10,19H,2H2,1H3,(H,20,21). The Hall–Kier alpha value is -2.46. The van der Waals surface area contributed by atoms with Crippen LogP contribution < -0.4 is 10.1 Å². The molecule has 3 rings (SSSR count). The Labute approximate surface area is 133 Å². The zero-order valence-electron chi connectivity index (χ0n) is 12.0. The fourth-order valence-corrected chi connectivity index (χ4v) is 2.49. The summed E-state index contributed by atoms with van der Waals surface area (Å²) in [5, 5.41) is 4.27. The van der Waals surface area contributed by atoms with Crippen LogP contribution in [0.25, 0.3) is 10.9 Å². The number of para-hydroxylation sites is 2. The predicted octanol–water partition coefficient (Wildman–Crippen LogP) is 4.47. The maximum atomic E-state index is 12.5. The van der Waals surface area contributed by atoms with Gasteiger partial charge >= 0.3 is 0 Å². The number of hydrogen-bond donors (Lipinski definition) is 2. The minimum atomic E-state index is -0.208. The van der Waals surface area contributed by atoms with Crippen molar-refractivity contribution in [3.8, 4) is 5.75 Å². The van der Waals surface area contributed by atoms with E-state index in [1.807, 2.05) is 37.3 Å². The maximum absolute atomic E-state index is 12.5. The van der Waals surface area contributed by atoms with Crippen molar-refractivity contribution in [1.82, 2.24) is 4.98 Å². The minimum absolute atomic E-state index is 0.208. The van der Waals surface area contributed by atoms with Crippen LogP contribution in [0.2, 0.25) is 5.02 Å². The van der Waals surface area contributed by atoms with Gasteiger partial charge in [0.2, 0.25) is 0 Å². The summed E-state index contributed by atoms with van der Waals surface area (Å²) in [7, 11) is 0. The first-order chi connectivity index (χ1) is 10.7. The Morgan fingerprint density at radius 2 is 2.09 bits per heavy atom. The van der Waals surface area contributed by atoms with Gasteiger partial charge in [0.05, 0.1) is 17.9 Å². The third-order valence-corrected chi connectivity index (χ3v) is 3.56. The van der Waals surface area contributed by atoms with E-state index in [-0.39, 0.29) is 5.91 Å². The first kappa shape index (κ1) is 14.5. The van der Waals surface area contributed by atoms with Crippen molar-refractivity contribution in [2.45, 2.75) is 6.92 Å². The molecule has 2 N–H and O–H groups in total. The highest BCUT2D eigenvalue weighted by Crippen LogP contribution is 2.27. The number of benzene rings is 2.